The molecule has 0 fully saturated rings. The molecule has 0 rings (SSSR count). The van der Waals surface area contributed by atoms with Crippen molar-refractivity contribution in [2.24, 2.45) is 0 Å². The Balaban J connectivity index is 3.55. The number of hydrogen-bond donors (Lipinski definition) is 0. The maximum Gasteiger partial charge on any atom is 0.416 e. The van der Waals surface area contributed by atoms with Crippen molar-refractivity contribution in [1.82, 2.24) is 0 Å². The van der Waals surface area contributed by atoms with Crippen LogP contribution in [0.4, 0.5) is 17.6 Å². The molecule has 0 saturated carbocycles. The third kappa shape index (κ3) is 4.19. The molecule has 0 atom stereocenters. The zero-order valence-corrected chi connectivity index (χ0v) is 5.99. The molecule has 1 radical (unpaired) electrons. The van der Waals surface area contributed by atoms with E-state index in [0.717, 1.165) is 0 Å². The lowest BCUT2D eigenvalue weighted by Crippen LogP contribution is -2.28. The Morgan fingerprint density at radius 3 is 2.36 bits per heavy atom. The molecule has 5 heteroatoms. The van der Waals surface area contributed by atoms with Gasteiger partial charge in [-0.25, -0.2) is 8.78 Å². The smallest absolute Gasteiger partial charge is 0.310 e. The molecule has 0 aromatic rings. The third-order valence-electron chi connectivity index (χ3n) is 0.901. The van der Waals surface area contributed by atoms with E-state index < -0.39 is 12.5 Å². The monoisotopic (exact) mass is 173 g/mol. The molecule has 0 heterocycles. The van der Waals surface area contributed by atoms with Crippen molar-refractivity contribution < 1.29 is 22.3 Å². The van der Waals surface area contributed by atoms with Crippen LogP contribution in [-0.2, 0) is 4.74 Å². The highest BCUT2D eigenvalue weighted by Crippen LogP contribution is 2.25. The van der Waals surface area contributed by atoms with Crippen LogP contribution < -0.4 is 0 Å². The van der Waals surface area contributed by atoms with Crippen LogP contribution in [0, 0.1) is 6.61 Å². The number of rotatable bonds is 5. The first-order valence-corrected chi connectivity index (χ1v) is 3.16. The Morgan fingerprint density at radius 2 is 2.00 bits per heavy atom. The molecule has 11 heavy (non-hydrogen) atoms. The van der Waals surface area contributed by atoms with Crippen molar-refractivity contribution in [3.8, 4) is 0 Å². The highest BCUT2D eigenvalue weighted by atomic mass is 19.3. The van der Waals surface area contributed by atoms with E-state index in [0.29, 0.717) is 13.0 Å². The maximum absolute atomic E-state index is 11.9. The highest BCUT2D eigenvalue weighted by molar-refractivity contribution is 4.59. The van der Waals surface area contributed by atoms with Crippen LogP contribution in [-0.4, -0.2) is 12.5 Å². The Morgan fingerprint density at radius 1 is 1.45 bits per heavy atom. The van der Waals surface area contributed by atoms with Gasteiger partial charge in [0.1, 0.15) is 0 Å². The van der Waals surface area contributed by atoms with Crippen LogP contribution in [0.3, 0.4) is 0 Å². The van der Waals surface area contributed by atoms with Gasteiger partial charge >= 0.3 is 12.5 Å². The summed E-state index contributed by atoms with van der Waals surface area (Å²) in [4.78, 5) is 0. The molecule has 0 N–H and O–H groups in total. The summed E-state index contributed by atoms with van der Waals surface area (Å²) in [5.74, 6) is 0. The normalized spacial score (nSPS) is 12.5. The summed E-state index contributed by atoms with van der Waals surface area (Å²) in [6.07, 6.45) is -7.29. The third-order valence-corrected chi connectivity index (χ3v) is 0.901. The average molecular weight is 173 g/mol. The van der Waals surface area contributed by atoms with Gasteiger partial charge in [0.2, 0.25) is 0 Å². The van der Waals surface area contributed by atoms with E-state index in [1.165, 1.54) is 0 Å². The molecule has 0 aromatic heterocycles. The zero-order chi connectivity index (χ0) is 8.91. The van der Waals surface area contributed by atoms with Crippen molar-refractivity contribution in [3.05, 3.63) is 6.61 Å². The van der Waals surface area contributed by atoms with E-state index >= 15 is 0 Å². The van der Waals surface area contributed by atoms with Gasteiger partial charge in [0.15, 0.2) is 0 Å². The molecule has 0 spiro atoms. The lowest BCUT2D eigenvalue weighted by atomic mass is 10.4. The summed E-state index contributed by atoms with van der Waals surface area (Å²) >= 11 is 0. The number of unbranched alkanes of at least 4 members (excludes halogenated alkanes) is 1. The molecular weight excluding hydrogens is 164 g/mol. The van der Waals surface area contributed by atoms with E-state index in [4.69, 9.17) is 0 Å². The molecule has 0 amide bonds. The number of ether oxygens (including phenoxy) is 1. The van der Waals surface area contributed by atoms with Gasteiger partial charge in [-0.1, -0.05) is 13.3 Å². The predicted molar refractivity (Wildman–Crippen MR) is 31.2 cm³/mol. The second kappa shape index (κ2) is 4.54. The minimum absolute atomic E-state index is 0.238. The fourth-order valence-corrected chi connectivity index (χ4v) is 0.339. The molecule has 0 saturated heterocycles. The van der Waals surface area contributed by atoms with Crippen LogP contribution in [0.15, 0.2) is 0 Å². The van der Waals surface area contributed by atoms with E-state index in [1.807, 2.05) is 0 Å². The first-order valence-electron chi connectivity index (χ1n) is 3.16. The minimum atomic E-state index is -4.34. The quantitative estimate of drug-likeness (QED) is 0.458. The van der Waals surface area contributed by atoms with E-state index in [9.17, 15) is 17.6 Å². The molecule has 0 aliphatic heterocycles. The van der Waals surface area contributed by atoms with Crippen molar-refractivity contribution >= 4 is 0 Å². The standard InChI is InChI=1S/C6H9F4O/c1-2-3-4-11-6(9,10)5(7)8/h4-5H,2-3H2,1H3. The topological polar surface area (TPSA) is 9.23 Å². The van der Waals surface area contributed by atoms with Gasteiger partial charge in [0.05, 0.1) is 6.61 Å². The molecular formula is C6H9F4O. The number of hydrogen-bond acceptors (Lipinski definition) is 1. The van der Waals surface area contributed by atoms with Crippen LogP contribution in [0.5, 0.6) is 0 Å². The Hall–Kier alpha value is -0.320. The van der Waals surface area contributed by atoms with E-state index in [2.05, 4.69) is 4.74 Å². The van der Waals surface area contributed by atoms with Gasteiger partial charge in [-0.3, -0.25) is 0 Å². The largest absolute Gasteiger partial charge is 0.416 e. The molecule has 0 aliphatic carbocycles. The SMILES string of the molecule is CCC[CH]OC(F)(F)C(F)F. The van der Waals surface area contributed by atoms with Crippen molar-refractivity contribution in [1.29, 1.82) is 0 Å². The van der Waals surface area contributed by atoms with Crippen molar-refractivity contribution in [3.63, 3.8) is 0 Å². The number of halogens is 4. The van der Waals surface area contributed by atoms with Crippen molar-refractivity contribution in [2.75, 3.05) is 0 Å². The fraction of sp³-hybridized carbons (Fsp3) is 0.833. The molecule has 0 aliphatic rings. The van der Waals surface area contributed by atoms with Gasteiger partial charge in [-0.05, 0) is 6.42 Å². The Bertz CT molecular complexity index is 105. The predicted octanol–water partition coefficient (Wildman–Crippen LogP) is 2.82. The second-order valence-electron chi connectivity index (χ2n) is 1.94. The van der Waals surface area contributed by atoms with Crippen LogP contribution in [0.2, 0.25) is 0 Å². The lowest BCUT2D eigenvalue weighted by Gasteiger charge is -2.14. The van der Waals surface area contributed by atoms with E-state index in [1.54, 1.807) is 6.92 Å². The van der Waals surface area contributed by atoms with Gasteiger partial charge in [0, 0.05) is 0 Å². The number of alkyl halides is 4. The fourth-order valence-electron chi connectivity index (χ4n) is 0.339. The molecule has 67 valence electrons. The molecule has 0 bridgehead atoms. The lowest BCUT2D eigenvalue weighted by molar-refractivity contribution is -0.285. The van der Waals surface area contributed by atoms with Gasteiger partial charge in [-0.2, -0.15) is 8.78 Å². The molecule has 0 unspecified atom stereocenters. The highest BCUT2D eigenvalue weighted by Gasteiger charge is 2.42. The van der Waals surface area contributed by atoms with Gasteiger partial charge < -0.3 is 4.74 Å². The van der Waals surface area contributed by atoms with E-state index in [-0.39, 0.29) is 6.42 Å². The van der Waals surface area contributed by atoms with Crippen LogP contribution in [0.1, 0.15) is 19.8 Å². The Labute approximate surface area is 62.3 Å². The minimum Gasteiger partial charge on any atom is -0.310 e. The average Bonchev–Trinajstić information content (AvgIpc) is 1.88. The summed E-state index contributed by atoms with van der Waals surface area (Å²) in [6, 6.07) is 0. The second-order valence-corrected chi connectivity index (χ2v) is 1.94. The summed E-state index contributed by atoms with van der Waals surface area (Å²) in [6.45, 7) is 2.42. The summed E-state index contributed by atoms with van der Waals surface area (Å²) < 4.78 is 49.9. The molecule has 1 nitrogen and oxygen atoms in total. The first-order chi connectivity index (χ1) is 5.00. The van der Waals surface area contributed by atoms with Gasteiger partial charge in [-0.15, -0.1) is 0 Å². The van der Waals surface area contributed by atoms with Crippen LogP contribution >= 0.6 is 0 Å². The maximum atomic E-state index is 11.9. The first kappa shape index (κ1) is 10.7. The van der Waals surface area contributed by atoms with Gasteiger partial charge in [0.25, 0.3) is 0 Å². The van der Waals surface area contributed by atoms with Crippen molar-refractivity contribution in [2.45, 2.75) is 32.3 Å². The molecule has 0 aromatic carbocycles. The Kier molecular flexibility index (Phi) is 4.40. The zero-order valence-electron chi connectivity index (χ0n) is 5.99. The van der Waals surface area contributed by atoms with Crippen LogP contribution in [0.25, 0.3) is 0 Å². The summed E-state index contributed by atoms with van der Waals surface area (Å²) in [7, 11) is 0. The summed E-state index contributed by atoms with van der Waals surface area (Å²) in [5.41, 5.74) is 0. The summed E-state index contributed by atoms with van der Waals surface area (Å²) in [5, 5.41) is 0.